The molecule has 3 heterocycles. The van der Waals surface area contributed by atoms with Crippen LogP contribution < -0.4 is 4.74 Å². The summed E-state index contributed by atoms with van der Waals surface area (Å²) < 4.78 is 12.4. The van der Waals surface area contributed by atoms with E-state index in [9.17, 15) is 4.79 Å². The number of fused-ring (bicyclic) bond motifs is 1. The lowest BCUT2D eigenvalue weighted by atomic mass is 10.1. The van der Waals surface area contributed by atoms with Crippen molar-refractivity contribution in [3.05, 3.63) is 18.0 Å². The van der Waals surface area contributed by atoms with E-state index < -0.39 is 0 Å². The van der Waals surface area contributed by atoms with Gasteiger partial charge in [0.25, 0.3) is 6.47 Å². The standard InChI is InChI=1S/C14H17N3O3/c1-9(2)13-15-11-3-4-12(20-8-18)16-14(11)17(13)7-10-5-6-19-10/h3-4,8-10H,5-7H2,1-2H3/t10-/m0/s1. The molecular weight excluding hydrogens is 258 g/mol. The molecule has 0 N–H and O–H groups in total. The van der Waals surface area contributed by atoms with Crippen LogP contribution in [0, 0.1) is 0 Å². The summed E-state index contributed by atoms with van der Waals surface area (Å²) in [6.07, 6.45) is 1.28. The molecule has 0 aliphatic carbocycles. The number of carbonyl (C=O) groups excluding carboxylic acids is 1. The fraction of sp³-hybridized carbons (Fsp3) is 0.500. The Morgan fingerprint density at radius 3 is 2.90 bits per heavy atom. The van der Waals surface area contributed by atoms with Crippen molar-refractivity contribution in [2.24, 2.45) is 0 Å². The fourth-order valence-electron chi connectivity index (χ4n) is 2.37. The minimum atomic E-state index is 0.224. The van der Waals surface area contributed by atoms with Gasteiger partial charge in [-0.3, -0.25) is 4.79 Å². The van der Waals surface area contributed by atoms with Gasteiger partial charge < -0.3 is 14.0 Å². The lowest BCUT2D eigenvalue weighted by molar-refractivity contribution is -0.120. The van der Waals surface area contributed by atoms with E-state index in [-0.39, 0.29) is 6.10 Å². The molecule has 0 radical (unpaired) electrons. The van der Waals surface area contributed by atoms with Crippen molar-refractivity contribution in [1.82, 2.24) is 14.5 Å². The van der Waals surface area contributed by atoms with E-state index in [0.717, 1.165) is 36.6 Å². The number of hydrogen-bond donors (Lipinski definition) is 0. The zero-order valence-electron chi connectivity index (χ0n) is 11.6. The summed E-state index contributed by atoms with van der Waals surface area (Å²) in [5.74, 6) is 1.56. The van der Waals surface area contributed by atoms with E-state index in [1.165, 1.54) is 0 Å². The average Bonchev–Trinajstić information content (AvgIpc) is 2.72. The number of carbonyl (C=O) groups is 1. The van der Waals surface area contributed by atoms with Gasteiger partial charge in [0, 0.05) is 18.6 Å². The van der Waals surface area contributed by atoms with Crippen LogP contribution in [-0.4, -0.2) is 33.7 Å². The number of imidazole rings is 1. The summed E-state index contributed by atoms with van der Waals surface area (Å²) in [5, 5.41) is 0. The van der Waals surface area contributed by atoms with Crippen molar-refractivity contribution in [1.29, 1.82) is 0 Å². The minimum Gasteiger partial charge on any atom is -0.410 e. The highest BCUT2D eigenvalue weighted by Crippen LogP contribution is 2.25. The molecule has 1 atom stereocenters. The molecule has 0 saturated carbocycles. The van der Waals surface area contributed by atoms with Gasteiger partial charge in [-0.05, 0) is 12.5 Å². The number of nitrogens with zero attached hydrogens (tertiary/aromatic N) is 3. The molecule has 6 heteroatoms. The van der Waals surface area contributed by atoms with E-state index in [0.29, 0.717) is 18.3 Å². The molecule has 1 saturated heterocycles. The van der Waals surface area contributed by atoms with E-state index in [4.69, 9.17) is 9.47 Å². The summed E-state index contributed by atoms with van der Waals surface area (Å²) in [7, 11) is 0. The number of rotatable bonds is 5. The summed E-state index contributed by atoms with van der Waals surface area (Å²) in [6, 6.07) is 3.48. The molecule has 0 aromatic carbocycles. The first-order valence-electron chi connectivity index (χ1n) is 6.78. The van der Waals surface area contributed by atoms with E-state index in [1.54, 1.807) is 6.07 Å². The van der Waals surface area contributed by atoms with Gasteiger partial charge in [-0.1, -0.05) is 13.8 Å². The number of aromatic nitrogens is 3. The van der Waals surface area contributed by atoms with Gasteiger partial charge in [0.05, 0.1) is 12.6 Å². The lowest BCUT2D eigenvalue weighted by Crippen LogP contribution is -2.32. The second-order valence-corrected chi connectivity index (χ2v) is 5.22. The quantitative estimate of drug-likeness (QED) is 0.779. The minimum absolute atomic E-state index is 0.224. The number of pyridine rings is 1. The third-order valence-electron chi connectivity index (χ3n) is 3.46. The first-order chi connectivity index (χ1) is 9.69. The molecule has 0 unspecified atom stereocenters. The van der Waals surface area contributed by atoms with Crippen LogP contribution in [0.25, 0.3) is 11.2 Å². The maximum Gasteiger partial charge on any atom is 0.299 e. The van der Waals surface area contributed by atoms with Gasteiger partial charge in [-0.15, -0.1) is 0 Å². The molecule has 20 heavy (non-hydrogen) atoms. The first kappa shape index (κ1) is 13.1. The van der Waals surface area contributed by atoms with Crippen LogP contribution in [0.4, 0.5) is 0 Å². The van der Waals surface area contributed by atoms with Gasteiger partial charge in [-0.2, -0.15) is 4.98 Å². The Balaban J connectivity index is 2.06. The molecule has 0 spiro atoms. The molecule has 0 amide bonds. The highest BCUT2D eigenvalue weighted by Gasteiger charge is 2.23. The SMILES string of the molecule is CC(C)c1nc2ccc(OC=O)nc2n1C[C@@H]1CCO1. The second-order valence-electron chi connectivity index (χ2n) is 5.22. The molecule has 1 aliphatic rings. The number of ether oxygens (including phenoxy) is 2. The largest absolute Gasteiger partial charge is 0.410 e. The molecule has 2 aromatic heterocycles. The van der Waals surface area contributed by atoms with Crippen molar-refractivity contribution in [3.63, 3.8) is 0 Å². The lowest BCUT2D eigenvalue weighted by Gasteiger charge is -2.27. The molecule has 1 aliphatic heterocycles. The fourth-order valence-corrected chi connectivity index (χ4v) is 2.37. The maximum absolute atomic E-state index is 10.4. The van der Waals surface area contributed by atoms with Crippen LogP contribution in [0.5, 0.6) is 5.88 Å². The maximum atomic E-state index is 10.4. The zero-order chi connectivity index (χ0) is 14.1. The highest BCUT2D eigenvalue weighted by atomic mass is 16.5. The van der Waals surface area contributed by atoms with Crippen molar-refractivity contribution >= 4 is 17.6 Å². The van der Waals surface area contributed by atoms with Gasteiger partial charge in [-0.25, -0.2) is 4.98 Å². The Bertz CT molecular complexity index is 632. The summed E-state index contributed by atoms with van der Waals surface area (Å²) >= 11 is 0. The van der Waals surface area contributed by atoms with Crippen LogP contribution in [0.2, 0.25) is 0 Å². The predicted octanol–water partition coefficient (Wildman–Crippen LogP) is 1.88. The van der Waals surface area contributed by atoms with E-state index in [2.05, 4.69) is 28.4 Å². The molecule has 106 valence electrons. The molecule has 3 rings (SSSR count). The van der Waals surface area contributed by atoms with Crippen molar-refractivity contribution < 1.29 is 14.3 Å². The second kappa shape index (κ2) is 5.20. The van der Waals surface area contributed by atoms with E-state index in [1.807, 2.05) is 6.07 Å². The van der Waals surface area contributed by atoms with Gasteiger partial charge in [0.15, 0.2) is 5.65 Å². The van der Waals surface area contributed by atoms with Crippen LogP contribution in [0.3, 0.4) is 0 Å². The Morgan fingerprint density at radius 2 is 2.30 bits per heavy atom. The summed E-state index contributed by atoms with van der Waals surface area (Å²) in [5.41, 5.74) is 1.55. The van der Waals surface area contributed by atoms with Crippen molar-refractivity contribution in [2.45, 2.75) is 38.8 Å². The van der Waals surface area contributed by atoms with Crippen LogP contribution in [0.15, 0.2) is 12.1 Å². The van der Waals surface area contributed by atoms with Crippen molar-refractivity contribution in [2.75, 3.05) is 6.61 Å². The average molecular weight is 275 g/mol. The molecular formula is C14H17N3O3. The van der Waals surface area contributed by atoms with Crippen molar-refractivity contribution in [3.8, 4) is 5.88 Å². The third kappa shape index (κ3) is 2.27. The Morgan fingerprint density at radius 1 is 1.50 bits per heavy atom. The van der Waals surface area contributed by atoms with Gasteiger partial charge in [0.1, 0.15) is 11.3 Å². The molecule has 6 nitrogen and oxygen atoms in total. The smallest absolute Gasteiger partial charge is 0.299 e. The Kier molecular flexibility index (Phi) is 3.40. The molecule has 2 aromatic rings. The molecule has 0 bridgehead atoms. The third-order valence-corrected chi connectivity index (χ3v) is 3.46. The van der Waals surface area contributed by atoms with Gasteiger partial charge in [0.2, 0.25) is 5.88 Å². The Labute approximate surface area is 116 Å². The normalized spacial score (nSPS) is 18.2. The Hall–Kier alpha value is -1.95. The predicted molar refractivity (Wildman–Crippen MR) is 72.7 cm³/mol. The summed E-state index contributed by atoms with van der Waals surface area (Å²) in [6.45, 7) is 6.14. The topological polar surface area (TPSA) is 66.2 Å². The van der Waals surface area contributed by atoms with Crippen LogP contribution in [-0.2, 0) is 16.1 Å². The summed E-state index contributed by atoms with van der Waals surface area (Å²) in [4.78, 5) is 19.4. The number of hydrogen-bond acceptors (Lipinski definition) is 5. The molecule has 1 fully saturated rings. The van der Waals surface area contributed by atoms with E-state index >= 15 is 0 Å². The zero-order valence-corrected chi connectivity index (χ0v) is 11.6. The monoisotopic (exact) mass is 275 g/mol. The first-order valence-corrected chi connectivity index (χ1v) is 6.78. The van der Waals surface area contributed by atoms with Gasteiger partial charge >= 0.3 is 0 Å². The highest BCUT2D eigenvalue weighted by molar-refractivity contribution is 5.72. The van der Waals surface area contributed by atoms with Crippen LogP contribution >= 0.6 is 0 Å². The van der Waals surface area contributed by atoms with Crippen LogP contribution in [0.1, 0.15) is 32.0 Å².